The fourth-order valence-electron chi connectivity index (χ4n) is 2.32. The van der Waals surface area contributed by atoms with Crippen molar-refractivity contribution in [2.75, 3.05) is 6.61 Å². The number of hydrogen-bond donors (Lipinski definition) is 1. The lowest BCUT2D eigenvalue weighted by molar-refractivity contribution is -0.148. The minimum Gasteiger partial charge on any atom is -0.481 e. The molecule has 27 heavy (non-hydrogen) atoms. The maximum atomic E-state index is 11.8. The molecule has 1 amide bonds. The highest BCUT2D eigenvalue weighted by molar-refractivity contribution is 5.95. The van der Waals surface area contributed by atoms with Crippen molar-refractivity contribution < 1.29 is 23.5 Å². The molecule has 138 valence electrons. The van der Waals surface area contributed by atoms with Crippen molar-refractivity contribution in [2.45, 2.75) is 13.5 Å². The average Bonchev–Trinajstić information content (AvgIpc) is 3.14. The van der Waals surface area contributed by atoms with Crippen LogP contribution >= 0.6 is 0 Å². The largest absolute Gasteiger partial charge is 0.481 e. The fourth-order valence-corrected chi connectivity index (χ4v) is 2.32. The van der Waals surface area contributed by atoms with E-state index in [4.69, 9.17) is 19.6 Å². The monoisotopic (exact) mass is 367 g/mol. The van der Waals surface area contributed by atoms with Crippen LogP contribution < -0.4 is 10.5 Å². The summed E-state index contributed by atoms with van der Waals surface area (Å²) in [5.41, 5.74) is 7.28. The Balaban J connectivity index is 1.54. The molecule has 8 nitrogen and oxygen atoms in total. The first-order valence-corrected chi connectivity index (χ1v) is 8.09. The van der Waals surface area contributed by atoms with Gasteiger partial charge in [-0.15, -0.1) is 10.2 Å². The number of rotatable bonds is 7. The number of aryl methyl sites for hydroxylation is 1. The Hall–Kier alpha value is -3.68. The number of para-hydroxylation sites is 1. The van der Waals surface area contributed by atoms with Gasteiger partial charge < -0.3 is 19.6 Å². The molecule has 0 fully saturated rings. The molecule has 3 aromatic rings. The number of esters is 1. The second kappa shape index (κ2) is 8.13. The van der Waals surface area contributed by atoms with Crippen molar-refractivity contribution in [1.82, 2.24) is 10.2 Å². The molecule has 0 aliphatic rings. The van der Waals surface area contributed by atoms with Crippen LogP contribution in [0.4, 0.5) is 0 Å². The van der Waals surface area contributed by atoms with Crippen molar-refractivity contribution in [3.63, 3.8) is 0 Å². The van der Waals surface area contributed by atoms with Crippen molar-refractivity contribution >= 4 is 11.9 Å². The summed E-state index contributed by atoms with van der Waals surface area (Å²) in [6.45, 7) is 1.39. The van der Waals surface area contributed by atoms with Crippen LogP contribution in [0.3, 0.4) is 0 Å². The Bertz CT molecular complexity index is 967. The zero-order valence-electron chi connectivity index (χ0n) is 14.5. The molecule has 3 rings (SSSR count). The van der Waals surface area contributed by atoms with Gasteiger partial charge in [-0.1, -0.05) is 29.8 Å². The molecule has 0 unspecified atom stereocenters. The van der Waals surface area contributed by atoms with Gasteiger partial charge in [-0.3, -0.25) is 4.79 Å². The van der Waals surface area contributed by atoms with Crippen LogP contribution in [0, 0.1) is 6.92 Å². The number of benzene rings is 2. The van der Waals surface area contributed by atoms with Crippen LogP contribution in [0.2, 0.25) is 0 Å². The summed E-state index contributed by atoms with van der Waals surface area (Å²) >= 11 is 0. The number of carbonyl (C=O) groups excluding carboxylic acids is 2. The third kappa shape index (κ3) is 4.69. The van der Waals surface area contributed by atoms with Crippen molar-refractivity contribution in [3.8, 4) is 17.2 Å². The first-order chi connectivity index (χ1) is 13.0. The van der Waals surface area contributed by atoms with E-state index in [1.165, 1.54) is 6.07 Å². The van der Waals surface area contributed by atoms with Gasteiger partial charge >= 0.3 is 5.97 Å². The molecule has 0 saturated carbocycles. The summed E-state index contributed by atoms with van der Waals surface area (Å²) in [5, 5.41) is 7.79. The SMILES string of the molecule is Cc1cccc(-c2nnc(COC(=O)COc3ccccc3C(N)=O)o2)c1. The van der Waals surface area contributed by atoms with Gasteiger partial charge in [0.1, 0.15) is 5.75 Å². The summed E-state index contributed by atoms with van der Waals surface area (Å²) < 4.78 is 15.8. The van der Waals surface area contributed by atoms with Crippen molar-refractivity contribution in [3.05, 3.63) is 65.5 Å². The number of nitrogens with zero attached hydrogens (tertiary/aromatic N) is 2. The van der Waals surface area contributed by atoms with E-state index in [1.807, 2.05) is 31.2 Å². The van der Waals surface area contributed by atoms with Crippen LogP contribution in [0.15, 0.2) is 52.9 Å². The molecule has 0 spiro atoms. The van der Waals surface area contributed by atoms with E-state index in [9.17, 15) is 9.59 Å². The molecule has 0 atom stereocenters. The fraction of sp³-hybridized carbons (Fsp3) is 0.158. The topological polar surface area (TPSA) is 118 Å². The van der Waals surface area contributed by atoms with Crippen molar-refractivity contribution in [1.29, 1.82) is 0 Å². The Morgan fingerprint density at radius 2 is 1.93 bits per heavy atom. The van der Waals surface area contributed by atoms with Crippen molar-refractivity contribution in [2.24, 2.45) is 5.73 Å². The van der Waals surface area contributed by atoms with Crippen LogP contribution in [0.1, 0.15) is 21.8 Å². The van der Waals surface area contributed by atoms with E-state index in [0.29, 0.717) is 5.89 Å². The third-order valence-corrected chi connectivity index (χ3v) is 3.59. The Labute approximate surface area is 154 Å². The molecule has 0 bridgehead atoms. The first-order valence-electron chi connectivity index (χ1n) is 8.09. The van der Waals surface area contributed by atoms with E-state index in [0.717, 1.165) is 11.1 Å². The predicted molar refractivity (Wildman–Crippen MR) is 94.7 cm³/mol. The molecule has 0 aliphatic heterocycles. The van der Waals surface area contributed by atoms with Gasteiger partial charge in [0.05, 0.1) is 5.56 Å². The molecule has 0 saturated heterocycles. The molecular weight excluding hydrogens is 350 g/mol. The molecule has 2 aromatic carbocycles. The molecular formula is C19H17N3O5. The Morgan fingerprint density at radius 3 is 2.70 bits per heavy atom. The molecule has 1 heterocycles. The van der Waals surface area contributed by atoms with Gasteiger partial charge in [-0.2, -0.15) is 0 Å². The van der Waals surface area contributed by atoms with Gasteiger partial charge in [-0.05, 0) is 31.2 Å². The second-order valence-corrected chi connectivity index (χ2v) is 5.68. The second-order valence-electron chi connectivity index (χ2n) is 5.68. The average molecular weight is 367 g/mol. The number of amides is 1. The minimum absolute atomic E-state index is 0.164. The zero-order chi connectivity index (χ0) is 19.2. The van der Waals surface area contributed by atoms with Crippen LogP contribution in [0.5, 0.6) is 5.75 Å². The third-order valence-electron chi connectivity index (χ3n) is 3.59. The van der Waals surface area contributed by atoms with Gasteiger partial charge in [0.2, 0.25) is 5.89 Å². The minimum atomic E-state index is -0.649. The maximum Gasteiger partial charge on any atom is 0.344 e. The lowest BCUT2D eigenvalue weighted by Gasteiger charge is -2.08. The summed E-state index contributed by atoms with van der Waals surface area (Å²) in [6.07, 6.45) is 0. The van der Waals surface area contributed by atoms with E-state index < -0.39 is 11.9 Å². The number of aromatic nitrogens is 2. The van der Waals surface area contributed by atoms with E-state index in [1.54, 1.807) is 18.2 Å². The zero-order valence-corrected chi connectivity index (χ0v) is 14.5. The highest BCUT2D eigenvalue weighted by Gasteiger charge is 2.13. The summed E-state index contributed by atoms with van der Waals surface area (Å²) in [7, 11) is 0. The Morgan fingerprint density at radius 1 is 1.11 bits per heavy atom. The van der Waals surface area contributed by atoms with Gasteiger partial charge in [-0.25, -0.2) is 4.79 Å². The standard InChI is InChI=1S/C19H17N3O5/c1-12-5-4-6-13(9-12)19-22-21-16(27-19)10-26-17(23)11-25-15-8-3-2-7-14(15)18(20)24/h2-9H,10-11H2,1H3,(H2,20,24). The quantitative estimate of drug-likeness (QED) is 0.636. The number of nitrogens with two attached hydrogens (primary N) is 1. The number of carbonyl (C=O) groups is 2. The van der Waals surface area contributed by atoms with Crippen LogP contribution in [-0.2, 0) is 16.1 Å². The predicted octanol–water partition coefficient (Wildman–Crippen LogP) is 2.27. The van der Waals surface area contributed by atoms with E-state index in [2.05, 4.69) is 10.2 Å². The molecule has 2 N–H and O–H groups in total. The van der Waals surface area contributed by atoms with E-state index in [-0.39, 0.29) is 30.4 Å². The van der Waals surface area contributed by atoms with Crippen LogP contribution in [-0.4, -0.2) is 28.7 Å². The highest BCUT2D eigenvalue weighted by Crippen LogP contribution is 2.19. The molecule has 0 radical (unpaired) electrons. The smallest absolute Gasteiger partial charge is 0.344 e. The van der Waals surface area contributed by atoms with Crippen LogP contribution in [0.25, 0.3) is 11.5 Å². The highest BCUT2D eigenvalue weighted by atomic mass is 16.6. The number of hydrogen-bond acceptors (Lipinski definition) is 7. The van der Waals surface area contributed by atoms with E-state index >= 15 is 0 Å². The summed E-state index contributed by atoms with van der Waals surface area (Å²) in [5.74, 6) is -0.576. The first kappa shape index (κ1) is 18.1. The molecule has 0 aliphatic carbocycles. The summed E-state index contributed by atoms with van der Waals surface area (Å²) in [4.78, 5) is 23.2. The van der Waals surface area contributed by atoms with Gasteiger partial charge in [0.15, 0.2) is 13.2 Å². The lowest BCUT2D eigenvalue weighted by atomic mass is 10.1. The normalized spacial score (nSPS) is 10.4. The summed E-state index contributed by atoms with van der Waals surface area (Å²) in [6, 6.07) is 14.0. The van der Waals surface area contributed by atoms with Gasteiger partial charge in [0, 0.05) is 5.56 Å². The maximum absolute atomic E-state index is 11.8. The Kier molecular flexibility index (Phi) is 5.46. The molecule has 1 aromatic heterocycles. The lowest BCUT2D eigenvalue weighted by Crippen LogP contribution is -2.18. The number of ether oxygens (including phenoxy) is 2. The number of primary amides is 1. The molecule has 8 heteroatoms. The van der Waals surface area contributed by atoms with Gasteiger partial charge in [0.25, 0.3) is 11.8 Å².